The predicted octanol–water partition coefficient (Wildman–Crippen LogP) is 2.65. The number of carbonyl (C=O) groups excluding carboxylic acids is 1. The number of para-hydroxylation sites is 1. The molecule has 2 atom stereocenters. The Morgan fingerprint density at radius 3 is 2.74 bits per heavy atom. The van der Waals surface area contributed by atoms with Crippen LogP contribution in [0, 0.1) is 0 Å². The van der Waals surface area contributed by atoms with E-state index in [0.717, 1.165) is 16.9 Å². The van der Waals surface area contributed by atoms with E-state index >= 15 is 0 Å². The second-order valence-electron chi connectivity index (χ2n) is 6.83. The molecule has 4 rings (SSSR count). The van der Waals surface area contributed by atoms with Gasteiger partial charge in [0.25, 0.3) is 0 Å². The molecule has 0 fully saturated rings. The number of fused-ring (bicyclic) bond motifs is 2. The zero-order valence-electron chi connectivity index (χ0n) is 15.1. The molecule has 0 bridgehead atoms. The van der Waals surface area contributed by atoms with Crippen molar-refractivity contribution in [2.75, 3.05) is 22.4 Å². The van der Waals surface area contributed by atoms with Crippen LogP contribution in [-0.4, -0.2) is 33.4 Å². The topological polar surface area (TPSA) is 87.7 Å². The quantitative estimate of drug-likeness (QED) is 0.848. The highest BCUT2D eigenvalue weighted by Crippen LogP contribution is 2.37. The molecule has 7 nitrogen and oxygen atoms in total. The van der Waals surface area contributed by atoms with E-state index in [1.54, 1.807) is 18.2 Å². The molecule has 142 valence electrons. The van der Waals surface area contributed by atoms with Crippen LogP contribution in [-0.2, 0) is 16.4 Å². The highest BCUT2D eigenvalue weighted by atomic mass is 32.2. The van der Waals surface area contributed by atoms with Crippen molar-refractivity contribution in [3.8, 4) is 5.75 Å². The van der Waals surface area contributed by atoms with Crippen LogP contribution in [0.3, 0.4) is 0 Å². The lowest BCUT2D eigenvalue weighted by atomic mass is 10.0. The van der Waals surface area contributed by atoms with Crippen LogP contribution < -0.4 is 19.7 Å². The van der Waals surface area contributed by atoms with Gasteiger partial charge in [0.2, 0.25) is 10.0 Å². The molecular weight excluding hydrogens is 366 g/mol. The zero-order valence-corrected chi connectivity index (χ0v) is 15.9. The second-order valence-corrected chi connectivity index (χ2v) is 8.73. The molecule has 0 aliphatic carbocycles. The number of anilines is 2. The lowest BCUT2D eigenvalue weighted by molar-refractivity contribution is 0.204. The molecule has 2 aromatic carbocycles. The third kappa shape index (κ3) is 3.21. The first-order valence-electron chi connectivity index (χ1n) is 8.77. The van der Waals surface area contributed by atoms with Gasteiger partial charge in [-0.1, -0.05) is 24.3 Å². The summed E-state index contributed by atoms with van der Waals surface area (Å²) in [6, 6.07) is 12.3. The molecule has 27 heavy (non-hydrogen) atoms. The second kappa shape index (κ2) is 6.45. The lowest BCUT2D eigenvalue weighted by Crippen LogP contribution is -2.37. The molecule has 2 aliphatic heterocycles. The third-order valence-electron chi connectivity index (χ3n) is 4.96. The summed E-state index contributed by atoms with van der Waals surface area (Å²) in [6.07, 6.45) is 1.58. The summed E-state index contributed by atoms with van der Waals surface area (Å²) in [4.78, 5) is 12.6. The van der Waals surface area contributed by atoms with Gasteiger partial charge in [-0.05, 0) is 31.5 Å². The normalized spacial score (nSPS) is 20.6. The molecule has 2 aromatic rings. The van der Waals surface area contributed by atoms with Crippen LogP contribution >= 0.6 is 0 Å². The van der Waals surface area contributed by atoms with E-state index in [1.807, 2.05) is 31.2 Å². The van der Waals surface area contributed by atoms with Gasteiger partial charge in [0, 0.05) is 23.4 Å². The SMILES string of the molecule is CC1Oc2ccccc2C1NC(=O)Nc1cccc2c1CCN2S(C)(=O)=O. The predicted molar refractivity (Wildman–Crippen MR) is 104 cm³/mol. The van der Waals surface area contributed by atoms with E-state index in [1.165, 1.54) is 10.6 Å². The van der Waals surface area contributed by atoms with Crippen molar-refractivity contribution >= 4 is 27.4 Å². The maximum Gasteiger partial charge on any atom is 0.319 e. The summed E-state index contributed by atoms with van der Waals surface area (Å²) in [6.45, 7) is 2.30. The van der Waals surface area contributed by atoms with Crippen molar-refractivity contribution < 1.29 is 17.9 Å². The van der Waals surface area contributed by atoms with E-state index < -0.39 is 10.0 Å². The average molecular weight is 387 g/mol. The van der Waals surface area contributed by atoms with Crippen LogP contribution in [0.15, 0.2) is 42.5 Å². The lowest BCUT2D eigenvalue weighted by Gasteiger charge is -2.19. The van der Waals surface area contributed by atoms with Gasteiger partial charge >= 0.3 is 6.03 Å². The van der Waals surface area contributed by atoms with Crippen molar-refractivity contribution in [3.63, 3.8) is 0 Å². The first kappa shape index (κ1) is 17.7. The Hall–Kier alpha value is -2.74. The molecule has 0 aromatic heterocycles. The summed E-state index contributed by atoms with van der Waals surface area (Å²) >= 11 is 0. The molecule has 0 radical (unpaired) electrons. The Kier molecular flexibility index (Phi) is 4.22. The minimum Gasteiger partial charge on any atom is -0.488 e. The average Bonchev–Trinajstić information content (AvgIpc) is 3.17. The van der Waals surface area contributed by atoms with Gasteiger partial charge in [-0.15, -0.1) is 0 Å². The Bertz CT molecular complexity index is 1010. The van der Waals surface area contributed by atoms with E-state index in [4.69, 9.17) is 4.74 Å². The summed E-state index contributed by atoms with van der Waals surface area (Å²) in [5.74, 6) is 0.777. The summed E-state index contributed by atoms with van der Waals surface area (Å²) < 4.78 is 31.0. The summed E-state index contributed by atoms with van der Waals surface area (Å²) in [5.41, 5.74) is 3.02. The fourth-order valence-electron chi connectivity index (χ4n) is 3.73. The number of nitrogens with zero attached hydrogens (tertiary/aromatic N) is 1. The van der Waals surface area contributed by atoms with Gasteiger partial charge in [-0.25, -0.2) is 13.2 Å². The van der Waals surface area contributed by atoms with Crippen LogP contribution in [0.2, 0.25) is 0 Å². The Labute approximate surface area is 158 Å². The van der Waals surface area contributed by atoms with E-state index in [-0.39, 0.29) is 18.2 Å². The standard InChI is InChI=1S/C19H21N3O4S/c1-12-18(14-6-3-4-9-17(14)26-12)21-19(23)20-15-7-5-8-16-13(15)10-11-22(16)27(2,24)25/h3-9,12,18H,10-11H2,1-2H3,(H2,20,21,23). The van der Waals surface area contributed by atoms with Gasteiger partial charge in [0.15, 0.2) is 0 Å². The van der Waals surface area contributed by atoms with Crippen LogP contribution in [0.25, 0.3) is 0 Å². The van der Waals surface area contributed by atoms with Crippen LogP contribution in [0.1, 0.15) is 24.1 Å². The fourth-order valence-corrected chi connectivity index (χ4v) is 4.68. The highest BCUT2D eigenvalue weighted by molar-refractivity contribution is 7.92. The molecule has 0 spiro atoms. The zero-order chi connectivity index (χ0) is 19.2. The molecular formula is C19H21N3O4S. The van der Waals surface area contributed by atoms with Crippen LogP contribution in [0.4, 0.5) is 16.2 Å². The van der Waals surface area contributed by atoms with Gasteiger partial charge in [-0.3, -0.25) is 4.31 Å². The van der Waals surface area contributed by atoms with E-state index in [2.05, 4.69) is 10.6 Å². The van der Waals surface area contributed by atoms with Gasteiger partial charge in [0.1, 0.15) is 11.9 Å². The maximum absolute atomic E-state index is 12.6. The molecule has 2 heterocycles. The fraction of sp³-hybridized carbons (Fsp3) is 0.316. The number of urea groups is 1. The van der Waals surface area contributed by atoms with Crippen molar-refractivity contribution in [2.45, 2.75) is 25.5 Å². The third-order valence-corrected chi connectivity index (χ3v) is 6.14. The number of carbonyl (C=O) groups is 1. The van der Waals surface area contributed by atoms with Gasteiger partial charge in [0.05, 0.1) is 18.0 Å². The molecule has 0 saturated carbocycles. The summed E-state index contributed by atoms with van der Waals surface area (Å²) in [5, 5.41) is 5.82. The molecule has 2 N–H and O–H groups in total. The first-order valence-corrected chi connectivity index (χ1v) is 10.6. The van der Waals surface area contributed by atoms with Crippen LogP contribution in [0.5, 0.6) is 5.75 Å². The van der Waals surface area contributed by atoms with E-state index in [0.29, 0.717) is 24.3 Å². The minimum atomic E-state index is -3.33. The molecule has 2 aliphatic rings. The number of benzene rings is 2. The monoisotopic (exact) mass is 387 g/mol. The Morgan fingerprint density at radius 1 is 1.19 bits per heavy atom. The van der Waals surface area contributed by atoms with Gasteiger partial charge < -0.3 is 15.4 Å². The Morgan fingerprint density at radius 2 is 1.96 bits per heavy atom. The first-order chi connectivity index (χ1) is 12.8. The number of amides is 2. The number of nitrogens with one attached hydrogen (secondary N) is 2. The maximum atomic E-state index is 12.6. The number of sulfonamides is 1. The van der Waals surface area contributed by atoms with Crippen molar-refractivity contribution in [3.05, 3.63) is 53.6 Å². The largest absolute Gasteiger partial charge is 0.488 e. The summed E-state index contributed by atoms with van der Waals surface area (Å²) in [7, 11) is -3.33. The number of rotatable bonds is 3. The van der Waals surface area contributed by atoms with Crippen molar-refractivity contribution in [2.24, 2.45) is 0 Å². The van der Waals surface area contributed by atoms with E-state index in [9.17, 15) is 13.2 Å². The molecule has 8 heteroatoms. The van der Waals surface area contributed by atoms with Gasteiger partial charge in [-0.2, -0.15) is 0 Å². The van der Waals surface area contributed by atoms with Crippen molar-refractivity contribution in [1.29, 1.82) is 0 Å². The minimum absolute atomic E-state index is 0.171. The molecule has 2 amide bonds. The molecule has 2 unspecified atom stereocenters. The smallest absolute Gasteiger partial charge is 0.319 e. The number of hydrogen-bond donors (Lipinski definition) is 2. The highest BCUT2D eigenvalue weighted by Gasteiger charge is 2.33. The Balaban J connectivity index is 1.53. The van der Waals surface area contributed by atoms with Crippen molar-refractivity contribution in [1.82, 2.24) is 5.32 Å². The number of ether oxygens (including phenoxy) is 1. The number of hydrogen-bond acceptors (Lipinski definition) is 4. The molecule has 0 saturated heterocycles.